The molecule has 128 valence electrons. The topological polar surface area (TPSA) is 0 Å². The third kappa shape index (κ3) is 3.26. The average Bonchev–Trinajstić information content (AvgIpc) is 2.47. The smallest absolute Gasteiger partial charge is 0.0566 e. The van der Waals surface area contributed by atoms with Crippen molar-refractivity contribution in [3.63, 3.8) is 0 Å². The van der Waals surface area contributed by atoms with Crippen LogP contribution in [0.4, 0.5) is 0 Å². The van der Waals surface area contributed by atoms with Crippen LogP contribution in [0.25, 0.3) is 22.3 Å². The normalized spacial score (nSPS) is 11.0. The largest absolute Gasteiger partial charge is 0.158 e. The van der Waals surface area contributed by atoms with Crippen molar-refractivity contribution in [1.82, 2.24) is 0 Å². The molecule has 0 aliphatic rings. The lowest BCUT2D eigenvalue weighted by Crippen LogP contribution is -1.98. The van der Waals surface area contributed by atoms with Crippen LogP contribution in [0, 0.1) is 41.5 Å². The van der Waals surface area contributed by atoms with Gasteiger partial charge in [0.25, 0.3) is 0 Å². The summed E-state index contributed by atoms with van der Waals surface area (Å²) in [7, 11) is 0. The summed E-state index contributed by atoms with van der Waals surface area (Å²) in [5.41, 5.74) is 13.2. The molecule has 0 atom stereocenters. The Labute approximate surface area is 157 Å². The standard InChI is InChI=1S/C24H26S/c1-14-10-16(3)22(17(4)11-14)20-8-7-9-21(25)24(20)23-18(5)12-15(2)13-19(23)6/h7-13,25H,1-6H3/p+1. The highest BCUT2D eigenvalue weighted by Crippen LogP contribution is 2.41. The first-order chi connectivity index (χ1) is 11.8. The molecule has 3 rings (SSSR count). The van der Waals surface area contributed by atoms with E-state index in [4.69, 9.17) is 0 Å². The third-order valence-corrected chi connectivity index (χ3v) is 5.35. The molecule has 0 aliphatic carbocycles. The molecular formula is C24H27S+. The molecule has 3 aromatic carbocycles. The lowest BCUT2D eigenvalue weighted by molar-refractivity contribution is 1.28. The van der Waals surface area contributed by atoms with Gasteiger partial charge in [0.05, 0.1) is 0 Å². The molecule has 0 amide bonds. The molecule has 0 radical (unpaired) electrons. The number of aryl methyl sites for hydroxylation is 6. The van der Waals surface area contributed by atoms with Crippen LogP contribution in [0.1, 0.15) is 33.4 Å². The number of hydrogen-bond acceptors (Lipinski definition) is 0. The molecule has 0 aromatic heterocycles. The molecule has 0 heterocycles. The van der Waals surface area contributed by atoms with E-state index in [-0.39, 0.29) is 0 Å². The average molecular weight is 348 g/mol. The Morgan fingerprint density at radius 1 is 0.560 bits per heavy atom. The number of rotatable bonds is 2. The van der Waals surface area contributed by atoms with Crippen molar-refractivity contribution in [3.05, 3.63) is 75.8 Å². The van der Waals surface area contributed by atoms with Crippen LogP contribution in [0.2, 0.25) is 0 Å². The molecule has 0 bridgehead atoms. The summed E-state index contributed by atoms with van der Waals surface area (Å²) in [6.07, 6.45) is 0. The minimum atomic E-state index is 1.15. The molecule has 3 aromatic rings. The predicted octanol–water partition coefficient (Wildman–Crippen LogP) is 6.24. The maximum Gasteiger partial charge on any atom is 0.158 e. The Morgan fingerprint density at radius 2 is 1.00 bits per heavy atom. The van der Waals surface area contributed by atoms with Gasteiger partial charge in [-0.2, -0.15) is 0 Å². The van der Waals surface area contributed by atoms with Crippen molar-refractivity contribution >= 4 is 12.6 Å². The Morgan fingerprint density at radius 3 is 1.48 bits per heavy atom. The Balaban J connectivity index is 2.40. The molecular weight excluding hydrogens is 320 g/mol. The maximum atomic E-state index is 3.89. The second-order valence-corrected chi connectivity index (χ2v) is 7.81. The van der Waals surface area contributed by atoms with E-state index in [0.29, 0.717) is 0 Å². The van der Waals surface area contributed by atoms with E-state index in [9.17, 15) is 0 Å². The minimum Gasteiger partial charge on any atom is -0.0566 e. The third-order valence-electron chi connectivity index (χ3n) is 4.94. The number of benzene rings is 3. The molecule has 0 saturated heterocycles. The highest BCUT2D eigenvalue weighted by Gasteiger charge is 2.20. The van der Waals surface area contributed by atoms with E-state index in [1.54, 1.807) is 0 Å². The SMILES string of the molecule is Cc1cc(C)c(-c2cccc([SH2+])c2-c2c(C)cc(C)cc2C)c(C)c1. The van der Waals surface area contributed by atoms with Gasteiger partial charge in [-0.25, -0.2) is 0 Å². The second-order valence-electron chi connectivity index (χ2n) is 7.28. The maximum absolute atomic E-state index is 3.89. The summed E-state index contributed by atoms with van der Waals surface area (Å²) in [5, 5.41) is 0. The lowest BCUT2D eigenvalue weighted by Gasteiger charge is -2.19. The van der Waals surface area contributed by atoms with E-state index in [1.807, 2.05) is 0 Å². The van der Waals surface area contributed by atoms with Crippen molar-refractivity contribution in [2.75, 3.05) is 0 Å². The Hall–Kier alpha value is -1.99. The molecule has 0 nitrogen and oxygen atoms in total. The van der Waals surface area contributed by atoms with Gasteiger partial charge < -0.3 is 0 Å². The van der Waals surface area contributed by atoms with Gasteiger partial charge in [0.1, 0.15) is 0 Å². The molecule has 0 fully saturated rings. The zero-order chi connectivity index (χ0) is 18.3. The van der Waals surface area contributed by atoms with E-state index in [1.165, 1.54) is 55.6 Å². The van der Waals surface area contributed by atoms with Gasteiger partial charge in [-0.3, -0.25) is 0 Å². The van der Waals surface area contributed by atoms with Crippen LogP contribution in [0.15, 0.2) is 47.4 Å². The summed E-state index contributed by atoms with van der Waals surface area (Å²) < 4.78 is 0. The lowest BCUT2D eigenvalue weighted by atomic mass is 9.85. The van der Waals surface area contributed by atoms with Crippen LogP contribution in [-0.2, 0) is 12.6 Å². The zero-order valence-corrected chi connectivity index (χ0v) is 17.0. The Bertz CT molecular complexity index is 918. The predicted molar refractivity (Wildman–Crippen MR) is 114 cm³/mol. The quantitative estimate of drug-likeness (QED) is 0.481. The van der Waals surface area contributed by atoms with Crippen LogP contribution in [0.3, 0.4) is 0 Å². The van der Waals surface area contributed by atoms with Gasteiger partial charge in [-0.05, 0) is 99.2 Å². The number of hydrogen-bond donors (Lipinski definition) is 0. The van der Waals surface area contributed by atoms with Gasteiger partial charge in [-0.15, -0.1) is 0 Å². The molecule has 0 spiro atoms. The summed E-state index contributed by atoms with van der Waals surface area (Å²) in [4.78, 5) is 1.15. The fourth-order valence-corrected chi connectivity index (χ4v) is 4.57. The van der Waals surface area contributed by atoms with Crippen molar-refractivity contribution < 1.29 is 0 Å². The first-order valence-electron chi connectivity index (χ1n) is 8.80. The van der Waals surface area contributed by atoms with Crippen LogP contribution >= 0.6 is 0 Å². The fraction of sp³-hybridized carbons (Fsp3) is 0.250. The zero-order valence-electron chi connectivity index (χ0n) is 16.0. The molecule has 0 saturated carbocycles. The highest BCUT2D eigenvalue weighted by atomic mass is 32.1. The molecule has 0 aliphatic heterocycles. The van der Waals surface area contributed by atoms with Crippen LogP contribution in [0.5, 0.6) is 0 Å². The van der Waals surface area contributed by atoms with Gasteiger partial charge in [0.15, 0.2) is 4.90 Å². The van der Waals surface area contributed by atoms with Crippen molar-refractivity contribution in [1.29, 1.82) is 0 Å². The van der Waals surface area contributed by atoms with Crippen molar-refractivity contribution in [2.24, 2.45) is 0 Å². The Kier molecular flexibility index (Phi) is 4.79. The minimum absolute atomic E-state index is 1.15. The highest BCUT2D eigenvalue weighted by molar-refractivity contribution is 7.59. The summed E-state index contributed by atoms with van der Waals surface area (Å²) in [5.74, 6) is 0. The van der Waals surface area contributed by atoms with E-state index in [2.05, 4.69) is 96.6 Å². The second kappa shape index (κ2) is 6.72. The van der Waals surface area contributed by atoms with Crippen LogP contribution < -0.4 is 0 Å². The first kappa shape index (κ1) is 17.8. The van der Waals surface area contributed by atoms with E-state index < -0.39 is 0 Å². The fourth-order valence-electron chi connectivity index (χ4n) is 4.21. The van der Waals surface area contributed by atoms with E-state index >= 15 is 0 Å². The van der Waals surface area contributed by atoms with Gasteiger partial charge in [0, 0.05) is 5.56 Å². The van der Waals surface area contributed by atoms with Crippen molar-refractivity contribution in [3.8, 4) is 22.3 Å². The summed E-state index contributed by atoms with van der Waals surface area (Å²) in [6, 6.07) is 15.6. The molecule has 0 N–H and O–H groups in total. The molecule has 1 heteroatoms. The van der Waals surface area contributed by atoms with E-state index in [0.717, 1.165) is 4.90 Å². The first-order valence-corrected chi connectivity index (χ1v) is 9.30. The summed E-state index contributed by atoms with van der Waals surface area (Å²) in [6.45, 7) is 13.2. The van der Waals surface area contributed by atoms with Gasteiger partial charge in [-0.1, -0.05) is 47.5 Å². The monoisotopic (exact) mass is 347 g/mol. The van der Waals surface area contributed by atoms with Gasteiger partial charge >= 0.3 is 0 Å². The van der Waals surface area contributed by atoms with Gasteiger partial charge in [0.2, 0.25) is 0 Å². The summed E-state index contributed by atoms with van der Waals surface area (Å²) >= 11 is 3.89. The molecule has 0 unspecified atom stereocenters. The van der Waals surface area contributed by atoms with Crippen molar-refractivity contribution in [2.45, 2.75) is 46.4 Å². The molecule has 25 heavy (non-hydrogen) atoms. The van der Waals surface area contributed by atoms with Crippen LogP contribution in [-0.4, -0.2) is 0 Å².